The number of rotatable bonds is 9. The predicted octanol–water partition coefficient (Wildman–Crippen LogP) is 6.17. The molecule has 0 unspecified atom stereocenters. The maximum Gasteiger partial charge on any atom is 0.301 e. The lowest BCUT2D eigenvalue weighted by atomic mass is 9.94. The molecule has 5 rings (SSSR count). The third-order valence-electron chi connectivity index (χ3n) is 7.12. The Labute approximate surface area is 237 Å². The van der Waals surface area contributed by atoms with E-state index in [9.17, 15) is 19.5 Å². The smallest absolute Gasteiger partial charge is 0.301 e. The first-order chi connectivity index (χ1) is 19.2. The number of aliphatic hydroxyl groups is 1. The molecule has 0 saturated carbocycles. The lowest BCUT2D eigenvalue weighted by Gasteiger charge is -2.23. The molecule has 3 heterocycles. The van der Waals surface area contributed by atoms with Gasteiger partial charge in [0.2, 0.25) is 0 Å². The van der Waals surface area contributed by atoms with Crippen molar-refractivity contribution >= 4 is 39.7 Å². The van der Waals surface area contributed by atoms with Crippen molar-refractivity contribution in [3.05, 3.63) is 75.3 Å². The molecule has 40 heavy (non-hydrogen) atoms. The number of aliphatic hydroxyl groups excluding tert-OH is 1. The molecule has 0 radical (unpaired) electrons. The summed E-state index contributed by atoms with van der Waals surface area (Å²) in [5.41, 5.74) is 2.37. The van der Waals surface area contributed by atoms with Crippen LogP contribution in [0.4, 0.5) is 5.13 Å². The number of fused-ring (bicyclic) bond motifs is 1. The largest absolute Gasteiger partial charge is 0.507 e. The van der Waals surface area contributed by atoms with Crippen LogP contribution in [0.25, 0.3) is 5.76 Å². The number of hydrogen-bond acceptors (Lipinski definition) is 8. The minimum Gasteiger partial charge on any atom is -0.507 e. The first kappa shape index (κ1) is 27.6. The second-order valence-electron chi connectivity index (χ2n) is 10.2. The van der Waals surface area contributed by atoms with Crippen LogP contribution in [0.5, 0.6) is 11.5 Å². The normalized spacial score (nSPS) is 19.6. The van der Waals surface area contributed by atoms with Gasteiger partial charge in [-0.2, -0.15) is 0 Å². The van der Waals surface area contributed by atoms with Crippen LogP contribution in [0, 0.1) is 6.92 Å². The second kappa shape index (κ2) is 11.3. The number of hydrogen-bond donors (Lipinski definition) is 1. The Bertz CT molecular complexity index is 1520. The Hall–Kier alpha value is -3.98. The van der Waals surface area contributed by atoms with Crippen LogP contribution in [0.1, 0.15) is 78.1 Å². The number of benzene rings is 2. The number of anilines is 1. The highest BCUT2D eigenvalue weighted by Gasteiger charge is 2.48. The van der Waals surface area contributed by atoms with E-state index in [1.807, 2.05) is 13.0 Å². The summed E-state index contributed by atoms with van der Waals surface area (Å²) >= 11 is 1.06. The Morgan fingerprint density at radius 3 is 2.73 bits per heavy atom. The third kappa shape index (κ3) is 5.13. The highest BCUT2D eigenvalue weighted by molar-refractivity contribution is 7.18. The first-order valence-corrected chi connectivity index (χ1v) is 14.3. The van der Waals surface area contributed by atoms with Gasteiger partial charge >= 0.3 is 5.91 Å². The summed E-state index contributed by atoms with van der Waals surface area (Å²) in [7, 11) is 0. The van der Waals surface area contributed by atoms with Gasteiger partial charge in [0, 0.05) is 18.9 Å². The van der Waals surface area contributed by atoms with E-state index in [0.29, 0.717) is 40.5 Å². The van der Waals surface area contributed by atoms with Crippen molar-refractivity contribution in [2.75, 3.05) is 11.5 Å². The number of ether oxygens (including phenoxy) is 2. The topological polar surface area (TPSA) is 106 Å². The second-order valence-corrected chi connectivity index (χ2v) is 11.2. The van der Waals surface area contributed by atoms with Crippen LogP contribution in [0.15, 0.2) is 48.0 Å². The van der Waals surface area contributed by atoms with Gasteiger partial charge in [0.15, 0.2) is 10.9 Å². The number of thiazole rings is 1. The van der Waals surface area contributed by atoms with Gasteiger partial charge in [-0.05, 0) is 61.7 Å². The molecule has 1 aromatic heterocycles. The molecule has 8 nitrogen and oxygen atoms in total. The molecular weight excluding hydrogens is 528 g/mol. The zero-order valence-electron chi connectivity index (χ0n) is 23.0. The van der Waals surface area contributed by atoms with Crippen LogP contribution >= 0.6 is 11.3 Å². The summed E-state index contributed by atoms with van der Waals surface area (Å²) in [6, 6.07) is 11.5. The molecule has 2 atom stereocenters. The third-order valence-corrected chi connectivity index (χ3v) is 8.37. The number of carbonyl (C=O) groups excluding carboxylic acids is 3. The van der Waals surface area contributed by atoms with E-state index in [1.165, 1.54) is 11.8 Å². The molecule has 0 spiro atoms. The Kier molecular flexibility index (Phi) is 7.76. The maximum absolute atomic E-state index is 13.6. The van der Waals surface area contributed by atoms with Gasteiger partial charge in [-0.1, -0.05) is 43.2 Å². The van der Waals surface area contributed by atoms with Crippen LogP contribution in [-0.4, -0.2) is 40.3 Å². The lowest BCUT2D eigenvalue weighted by molar-refractivity contribution is -0.132. The first-order valence-electron chi connectivity index (χ1n) is 13.5. The van der Waals surface area contributed by atoms with Crippen molar-refractivity contribution in [1.82, 2.24) is 4.98 Å². The van der Waals surface area contributed by atoms with Crippen LogP contribution < -0.4 is 14.4 Å². The molecule has 1 amide bonds. The van der Waals surface area contributed by atoms with Gasteiger partial charge in [0.05, 0.1) is 28.8 Å². The SMILES string of the molecule is CCCCCOc1cccc([C@@H]2C(=C(O)c3ccc4c(c3)C[C@H](C)O4)C(=O)C(=O)N2c2nc(C)c(C(C)=O)s2)c1. The monoisotopic (exact) mass is 560 g/mol. The number of amides is 1. The molecule has 208 valence electrons. The fraction of sp³-hybridized carbons (Fsp3) is 0.355. The molecule has 0 aliphatic carbocycles. The summed E-state index contributed by atoms with van der Waals surface area (Å²) in [5, 5.41) is 11.8. The average Bonchev–Trinajstić information content (AvgIpc) is 3.58. The van der Waals surface area contributed by atoms with Crippen LogP contribution in [-0.2, 0) is 16.0 Å². The van der Waals surface area contributed by atoms with Gasteiger partial charge in [-0.3, -0.25) is 19.3 Å². The van der Waals surface area contributed by atoms with Gasteiger partial charge in [-0.15, -0.1) is 0 Å². The summed E-state index contributed by atoms with van der Waals surface area (Å²) in [6.45, 7) is 7.76. The van der Waals surface area contributed by atoms with Crippen molar-refractivity contribution < 1.29 is 29.0 Å². The van der Waals surface area contributed by atoms with E-state index in [4.69, 9.17) is 9.47 Å². The van der Waals surface area contributed by atoms with Gasteiger partial charge in [-0.25, -0.2) is 4.98 Å². The molecule has 0 bridgehead atoms. The van der Waals surface area contributed by atoms with Crippen molar-refractivity contribution in [1.29, 1.82) is 0 Å². The van der Waals surface area contributed by atoms with Crippen LogP contribution in [0.2, 0.25) is 0 Å². The fourth-order valence-electron chi connectivity index (χ4n) is 5.20. The van der Waals surface area contributed by atoms with E-state index >= 15 is 0 Å². The Balaban J connectivity index is 1.63. The van der Waals surface area contributed by atoms with Crippen molar-refractivity contribution in [2.45, 2.75) is 65.5 Å². The maximum atomic E-state index is 13.6. The van der Waals surface area contributed by atoms with Crippen molar-refractivity contribution in [3.63, 3.8) is 0 Å². The van der Waals surface area contributed by atoms with Gasteiger partial charge in [0.1, 0.15) is 23.4 Å². The summed E-state index contributed by atoms with van der Waals surface area (Å²) in [6.07, 6.45) is 3.72. The van der Waals surface area contributed by atoms with Gasteiger partial charge in [0.25, 0.3) is 5.78 Å². The van der Waals surface area contributed by atoms with Crippen LogP contribution in [0.3, 0.4) is 0 Å². The average molecular weight is 561 g/mol. The standard InChI is InChI=1S/C31H32N2O6S/c1-5-6-7-13-38-23-10-8-9-20(16-23)26-25(27(35)21-11-12-24-22(15-21)14-17(2)39-24)28(36)30(37)33(26)31-32-18(3)29(40-31)19(4)34/h8-12,15-17,26,35H,5-7,13-14H2,1-4H3/t17-,26+/m0/s1. The van der Waals surface area contributed by atoms with Crippen molar-refractivity contribution in [2.24, 2.45) is 0 Å². The number of aromatic nitrogens is 1. The van der Waals surface area contributed by atoms with Crippen molar-refractivity contribution in [3.8, 4) is 11.5 Å². The van der Waals surface area contributed by atoms with E-state index < -0.39 is 17.7 Å². The van der Waals surface area contributed by atoms with Gasteiger partial charge < -0.3 is 14.6 Å². The molecule has 1 fully saturated rings. The Morgan fingerprint density at radius 1 is 1.20 bits per heavy atom. The minimum atomic E-state index is -0.965. The summed E-state index contributed by atoms with van der Waals surface area (Å²) in [5.74, 6) is -0.748. The number of Topliss-reactive ketones (excluding diaryl/α,β-unsaturated/α-hetero) is 2. The molecule has 2 aliphatic heterocycles. The quantitative estimate of drug-likeness (QED) is 0.110. The summed E-state index contributed by atoms with van der Waals surface area (Å²) < 4.78 is 11.7. The number of carbonyl (C=O) groups is 3. The fourth-order valence-corrected chi connectivity index (χ4v) is 6.19. The highest BCUT2D eigenvalue weighted by Crippen LogP contribution is 2.45. The molecule has 3 aromatic rings. The lowest BCUT2D eigenvalue weighted by Crippen LogP contribution is -2.29. The molecule has 2 aliphatic rings. The molecule has 1 saturated heterocycles. The molecule has 2 aromatic carbocycles. The van der Waals surface area contributed by atoms with E-state index in [1.54, 1.807) is 43.3 Å². The number of nitrogens with zero attached hydrogens (tertiary/aromatic N) is 2. The van der Waals surface area contributed by atoms with E-state index in [0.717, 1.165) is 41.9 Å². The molecular formula is C31H32N2O6S. The number of aryl methyl sites for hydroxylation is 1. The Morgan fingerprint density at radius 2 is 2.00 bits per heavy atom. The number of unbranched alkanes of at least 4 members (excludes halogenated alkanes) is 2. The predicted molar refractivity (Wildman–Crippen MR) is 153 cm³/mol. The molecule has 9 heteroatoms. The van der Waals surface area contributed by atoms with E-state index in [-0.39, 0.29) is 28.4 Å². The van der Waals surface area contributed by atoms with E-state index in [2.05, 4.69) is 11.9 Å². The zero-order valence-corrected chi connectivity index (χ0v) is 23.8. The highest BCUT2D eigenvalue weighted by atomic mass is 32.1. The molecule has 1 N–H and O–H groups in total. The zero-order chi connectivity index (χ0) is 28.6. The number of ketones is 2. The summed E-state index contributed by atoms with van der Waals surface area (Å²) in [4.78, 5) is 45.5. The minimum absolute atomic E-state index is 0.0154.